The van der Waals surface area contributed by atoms with Gasteiger partial charge in [0.25, 0.3) is 0 Å². The van der Waals surface area contributed by atoms with Crippen LogP contribution in [0.1, 0.15) is 6.92 Å². The first-order chi connectivity index (χ1) is 7.19. The number of esters is 1. The van der Waals surface area contributed by atoms with E-state index in [4.69, 9.17) is 5.73 Å². The predicted molar refractivity (Wildman–Crippen MR) is 52.7 cm³/mol. The van der Waals surface area contributed by atoms with E-state index in [1.807, 2.05) is 0 Å². The van der Waals surface area contributed by atoms with Crippen LogP contribution in [0, 0.1) is 17.8 Å². The van der Waals surface area contributed by atoms with Crippen LogP contribution in [0.3, 0.4) is 0 Å². The Kier molecular flexibility index (Phi) is 2.65. The van der Waals surface area contributed by atoms with Crippen molar-refractivity contribution >= 4 is 11.9 Å². The Morgan fingerprint density at radius 1 is 1.40 bits per heavy atom. The van der Waals surface area contributed by atoms with Crippen molar-refractivity contribution in [2.45, 2.75) is 6.92 Å². The van der Waals surface area contributed by atoms with Crippen molar-refractivity contribution < 1.29 is 14.3 Å². The van der Waals surface area contributed by atoms with Crippen LogP contribution < -0.4 is 5.73 Å². The van der Waals surface area contributed by atoms with Crippen LogP contribution in [-0.2, 0) is 14.3 Å². The largest absolute Gasteiger partial charge is 0.459 e. The first kappa shape index (κ1) is 10.4. The summed E-state index contributed by atoms with van der Waals surface area (Å²) in [6.45, 7) is 3.97. The first-order valence-electron chi connectivity index (χ1n) is 5.35. The summed E-state index contributed by atoms with van der Waals surface area (Å²) in [5.74, 6) is 0.376. The zero-order valence-electron chi connectivity index (χ0n) is 8.81. The Morgan fingerprint density at radius 3 is 2.47 bits per heavy atom. The van der Waals surface area contributed by atoms with Crippen molar-refractivity contribution in [3.8, 4) is 0 Å². The monoisotopic (exact) mass is 212 g/mol. The number of ether oxygens (including phenoxy) is 1. The third-order valence-corrected chi connectivity index (χ3v) is 3.38. The van der Waals surface area contributed by atoms with E-state index in [1.165, 1.54) is 0 Å². The zero-order chi connectivity index (χ0) is 11.0. The van der Waals surface area contributed by atoms with Gasteiger partial charge in [0.05, 0.1) is 6.61 Å². The summed E-state index contributed by atoms with van der Waals surface area (Å²) in [5, 5.41) is 0. The highest BCUT2D eigenvalue weighted by molar-refractivity contribution is 6.32. The number of rotatable bonds is 2. The summed E-state index contributed by atoms with van der Waals surface area (Å²) >= 11 is 0. The molecule has 2 aliphatic rings. The molecule has 5 heteroatoms. The average Bonchev–Trinajstić information content (AvgIpc) is 2.69. The molecule has 2 atom stereocenters. The molecule has 0 radical (unpaired) electrons. The normalized spacial score (nSPS) is 32.4. The fraction of sp³-hybridized carbons (Fsp3) is 0.800. The Hall–Kier alpha value is -1.10. The molecule has 0 aromatic carbocycles. The molecule has 15 heavy (non-hydrogen) atoms. The molecule has 5 nitrogen and oxygen atoms in total. The van der Waals surface area contributed by atoms with Gasteiger partial charge < -0.3 is 15.4 Å². The number of nitrogens with zero attached hydrogens (tertiary/aromatic N) is 1. The number of hydrogen-bond donors (Lipinski definition) is 1. The second-order valence-corrected chi connectivity index (χ2v) is 4.16. The topological polar surface area (TPSA) is 72.6 Å². The molecule has 2 fully saturated rings. The molecule has 2 unspecified atom stereocenters. The van der Waals surface area contributed by atoms with Gasteiger partial charge in [0.15, 0.2) is 0 Å². The van der Waals surface area contributed by atoms with Crippen LogP contribution in [0.25, 0.3) is 0 Å². The smallest absolute Gasteiger partial charge is 0.397 e. The molecule has 2 rings (SSSR count). The molecular weight excluding hydrogens is 196 g/mol. The number of carbonyl (C=O) groups excluding carboxylic acids is 2. The van der Waals surface area contributed by atoms with Gasteiger partial charge >= 0.3 is 11.9 Å². The maximum absolute atomic E-state index is 11.5. The Bertz CT molecular complexity index is 280. The van der Waals surface area contributed by atoms with Crippen molar-refractivity contribution in [1.29, 1.82) is 0 Å². The van der Waals surface area contributed by atoms with E-state index >= 15 is 0 Å². The summed E-state index contributed by atoms with van der Waals surface area (Å²) in [4.78, 5) is 24.3. The molecule has 1 aliphatic carbocycles. The second kappa shape index (κ2) is 3.81. The summed E-state index contributed by atoms with van der Waals surface area (Å²) in [6, 6.07) is 0. The Morgan fingerprint density at radius 2 is 2.00 bits per heavy atom. The third-order valence-electron chi connectivity index (χ3n) is 3.38. The number of fused-ring (bicyclic) bond motifs is 1. The molecular formula is C10H16N2O3. The van der Waals surface area contributed by atoms with Crippen molar-refractivity contribution in [3.05, 3.63) is 0 Å². The van der Waals surface area contributed by atoms with E-state index in [9.17, 15) is 9.59 Å². The molecule has 0 spiro atoms. The molecule has 1 heterocycles. The summed E-state index contributed by atoms with van der Waals surface area (Å²) in [5.41, 5.74) is 5.56. The first-order valence-corrected chi connectivity index (χ1v) is 5.35. The molecule has 0 bridgehead atoms. The van der Waals surface area contributed by atoms with Gasteiger partial charge in [0.2, 0.25) is 0 Å². The fourth-order valence-electron chi connectivity index (χ4n) is 2.49. The van der Waals surface area contributed by atoms with Crippen LogP contribution >= 0.6 is 0 Å². The van der Waals surface area contributed by atoms with Gasteiger partial charge in [-0.1, -0.05) is 0 Å². The number of likely N-dealkylation sites (tertiary alicyclic amines) is 1. The third kappa shape index (κ3) is 1.71. The lowest BCUT2D eigenvalue weighted by Crippen LogP contribution is -2.38. The summed E-state index contributed by atoms with van der Waals surface area (Å²) in [6.07, 6.45) is 0. The minimum Gasteiger partial charge on any atom is -0.459 e. The van der Waals surface area contributed by atoms with Crippen molar-refractivity contribution in [2.24, 2.45) is 23.5 Å². The molecule has 1 saturated heterocycles. The maximum Gasteiger partial charge on any atom is 0.397 e. The SMILES string of the molecule is CCOC(=O)C(=O)N1CC2C(CN)C2C1. The van der Waals surface area contributed by atoms with E-state index in [2.05, 4.69) is 4.74 Å². The Labute approximate surface area is 88.5 Å². The lowest BCUT2D eigenvalue weighted by Gasteiger charge is -2.17. The van der Waals surface area contributed by atoms with Crippen LogP contribution in [0.5, 0.6) is 0 Å². The lowest BCUT2D eigenvalue weighted by molar-refractivity contribution is -0.159. The van der Waals surface area contributed by atoms with Crippen molar-refractivity contribution in [3.63, 3.8) is 0 Å². The van der Waals surface area contributed by atoms with Crippen LogP contribution in [-0.4, -0.2) is 43.0 Å². The van der Waals surface area contributed by atoms with E-state index in [1.54, 1.807) is 11.8 Å². The van der Waals surface area contributed by atoms with E-state index in [-0.39, 0.29) is 6.61 Å². The number of nitrogens with two attached hydrogens (primary N) is 1. The van der Waals surface area contributed by atoms with Gasteiger partial charge in [-0.05, 0) is 31.2 Å². The molecule has 0 aromatic heterocycles. The fourth-order valence-corrected chi connectivity index (χ4v) is 2.49. The van der Waals surface area contributed by atoms with E-state index in [0.717, 1.165) is 0 Å². The summed E-state index contributed by atoms with van der Waals surface area (Å²) < 4.78 is 4.66. The van der Waals surface area contributed by atoms with Gasteiger partial charge in [-0.3, -0.25) is 4.79 Å². The van der Waals surface area contributed by atoms with E-state index in [0.29, 0.717) is 37.4 Å². The van der Waals surface area contributed by atoms with Gasteiger partial charge in [-0.2, -0.15) is 0 Å². The molecule has 1 saturated carbocycles. The number of amides is 1. The second-order valence-electron chi connectivity index (χ2n) is 4.16. The van der Waals surface area contributed by atoms with Gasteiger partial charge in [-0.25, -0.2) is 4.79 Å². The van der Waals surface area contributed by atoms with Gasteiger partial charge in [-0.15, -0.1) is 0 Å². The maximum atomic E-state index is 11.5. The predicted octanol–water partition coefficient (Wildman–Crippen LogP) is -0.787. The van der Waals surface area contributed by atoms with Crippen LogP contribution in [0.4, 0.5) is 0 Å². The quantitative estimate of drug-likeness (QED) is 0.481. The van der Waals surface area contributed by atoms with Gasteiger partial charge in [0.1, 0.15) is 0 Å². The van der Waals surface area contributed by atoms with Crippen molar-refractivity contribution in [2.75, 3.05) is 26.2 Å². The Balaban J connectivity index is 1.83. The number of carbonyl (C=O) groups is 2. The highest BCUT2D eigenvalue weighted by Gasteiger charge is 2.56. The van der Waals surface area contributed by atoms with Gasteiger partial charge in [0, 0.05) is 13.1 Å². The lowest BCUT2D eigenvalue weighted by atomic mass is 10.2. The minimum atomic E-state index is -0.733. The molecule has 1 aliphatic heterocycles. The van der Waals surface area contributed by atoms with E-state index < -0.39 is 11.9 Å². The molecule has 0 aromatic rings. The average molecular weight is 212 g/mol. The molecule has 84 valence electrons. The van der Waals surface area contributed by atoms with Crippen LogP contribution in [0.2, 0.25) is 0 Å². The number of piperidine rings is 1. The molecule has 1 amide bonds. The highest BCUT2D eigenvalue weighted by atomic mass is 16.5. The molecule has 2 N–H and O–H groups in total. The number of hydrogen-bond acceptors (Lipinski definition) is 4. The summed E-state index contributed by atoms with van der Waals surface area (Å²) in [7, 11) is 0. The zero-order valence-corrected chi connectivity index (χ0v) is 8.81. The van der Waals surface area contributed by atoms with Crippen molar-refractivity contribution in [1.82, 2.24) is 4.90 Å². The highest BCUT2D eigenvalue weighted by Crippen LogP contribution is 2.50. The minimum absolute atomic E-state index is 0.247. The standard InChI is InChI=1S/C10H16N2O3/c1-2-15-10(14)9(13)12-4-7-6(3-11)8(7)5-12/h6-8H,2-5,11H2,1H3. The van der Waals surface area contributed by atoms with Crippen LogP contribution in [0.15, 0.2) is 0 Å².